The molecule has 1 aromatic carbocycles. The molecule has 0 atom stereocenters. The molecule has 0 aromatic heterocycles. The van der Waals surface area contributed by atoms with Crippen LogP contribution in [-0.2, 0) is 16.1 Å². The molecule has 0 aliphatic heterocycles. The summed E-state index contributed by atoms with van der Waals surface area (Å²) in [5, 5.41) is 0. The average molecular weight is 279 g/mol. The van der Waals surface area contributed by atoms with Gasteiger partial charge in [0.05, 0.1) is 19.3 Å². The van der Waals surface area contributed by atoms with Gasteiger partial charge in [0.2, 0.25) is 0 Å². The molecule has 0 saturated heterocycles. The summed E-state index contributed by atoms with van der Waals surface area (Å²) in [6.45, 7) is 7.71. The van der Waals surface area contributed by atoms with E-state index >= 15 is 0 Å². The van der Waals surface area contributed by atoms with Gasteiger partial charge in [0.1, 0.15) is 12.4 Å². The first-order valence-electron chi connectivity index (χ1n) is 6.90. The summed E-state index contributed by atoms with van der Waals surface area (Å²) >= 11 is 0. The van der Waals surface area contributed by atoms with Crippen LogP contribution >= 0.6 is 0 Å². The molecule has 1 aliphatic carbocycles. The predicted octanol–water partition coefficient (Wildman–Crippen LogP) is 3.17. The van der Waals surface area contributed by atoms with E-state index in [1.165, 1.54) is 19.3 Å². The summed E-state index contributed by atoms with van der Waals surface area (Å²) in [6, 6.07) is 5.73. The number of nitrogen functional groups attached to an aromatic ring is 1. The number of anilines is 1. The van der Waals surface area contributed by atoms with Gasteiger partial charge in [-0.25, -0.2) is 0 Å². The number of hydrogen-bond acceptors (Lipinski definition) is 4. The standard InChI is InChI=1S/C14H21NO3.C2H4/c1-16-5-6-17-14-8-11(7-12(15)9-14)10-18-13-3-2-4-13;1-2/h7-9,13H,2-6,10,15H2,1H3;1-2H2. The van der Waals surface area contributed by atoms with E-state index in [4.69, 9.17) is 19.9 Å². The molecular weight excluding hydrogens is 254 g/mol. The molecular formula is C16H25NO3. The number of rotatable bonds is 7. The van der Waals surface area contributed by atoms with Crippen molar-refractivity contribution in [3.05, 3.63) is 36.9 Å². The first-order valence-corrected chi connectivity index (χ1v) is 6.90. The van der Waals surface area contributed by atoms with Crippen LogP contribution in [0.15, 0.2) is 31.4 Å². The molecule has 0 radical (unpaired) electrons. The molecule has 1 aromatic rings. The summed E-state index contributed by atoms with van der Waals surface area (Å²) in [4.78, 5) is 0. The second kappa shape index (κ2) is 9.39. The van der Waals surface area contributed by atoms with E-state index in [-0.39, 0.29) is 0 Å². The molecule has 4 nitrogen and oxygen atoms in total. The number of ether oxygens (including phenoxy) is 3. The third kappa shape index (κ3) is 5.63. The summed E-state index contributed by atoms with van der Waals surface area (Å²) in [5.41, 5.74) is 7.62. The van der Waals surface area contributed by atoms with Gasteiger partial charge in [-0.1, -0.05) is 0 Å². The zero-order valence-electron chi connectivity index (χ0n) is 12.3. The Balaban J connectivity index is 0.000000956. The molecule has 20 heavy (non-hydrogen) atoms. The molecule has 2 N–H and O–H groups in total. The Kier molecular flexibility index (Phi) is 7.77. The maximum absolute atomic E-state index is 5.85. The highest BCUT2D eigenvalue weighted by molar-refractivity contribution is 5.47. The van der Waals surface area contributed by atoms with Gasteiger partial charge in [0.25, 0.3) is 0 Å². The van der Waals surface area contributed by atoms with Crippen molar-refractivity contribution in [1.29, 1.82) is 0 Å². The summed E-state index contributed by atoms with van der Waals surface area (Å²) < 4.78 is 16.3. The van der Waals surface area contributed by atoms with Crippen LogP contribution in [0.25, 0.3) is 0 Å². The van der Waals surface area contributed by atoms with Gasteiger partial charge < -0.3 is 19.9 Å². The normalized spacial score (nSPS) is 14.1. The number of nitrogens with two attached hydrogens (primary N) is 1. The van der Waals surface area contributed by atoms with Crippen molar-refractivity contribution in [2.75, 3.05) is 26.1 Å². The first-order chi connectivity index (χ1) is 9.78. The maximum Gasteiger partial charge on any atom is 0.121 e. The molecule has 0 heterocycles. The molecule has 0 amide bonds. The van der Waals surface area contributed by atoms with Crippen molar-refractivity contribution in [2.24, 2.45) is 0 Å². The van der Waals surface area contributed by atoms with Gasteiger partial charge in [-0.05, 0) is 37.0 Å². The van der Waals surface area contributed by atoms with Gasteiger partial charge >= 0.3 is 0 Å². The van der Waals surface area contributed by atoms with E-state index in [2.05, 4.69) is 13.2 Å². The summed E-state index contributed by atoms with van der Waals surface area (Å²) in [5.74, 6) is 0.777. The highest BCUT2D eigenvalue weighted by atomic mass is 16.5. The minimum absolute atomic E-state index is 0.435. The van der Waals surface area contributed by atoms with Crippen molar-refractivity contribution in [1.82, 2.24) is 0 Å². The average Bonchev–Trinajstić information content (AvgIpc) is 2.39. The third-order valence-corrected chi connectivity index (χ3v) is 3.08. The number of hydrogen-bond donors (Lipinski definition) is 1. The van der Waals surface area contributed by atoms with Crippen LogP contribution in [-0.4, -0.2) is 26.4 Å². The Morgan fingerprint density at radius 1 is 1.20 bits per heavy atom. The van der Waals surface area contributed by atoms with E-state index < -0.39 is 0 Å². The largest absolute Gasteiger partial charge is 0.491 e. The molecule has 0 bridgehead atoms. The highest BCUT2D eigenvalue weighted by Crippen LogP contribution is 2.25. The second-order valence-electron chi connectivity index (χ2n) is 4.62. The van der Waals surface area contributed by atoms with Crippen LogP contribution < -0.4 is 10.5 Å². The fraction of sp³-hybridized carbons (Fsp3) is 0.500. The highest BCUT2D eigenvalue weighted by Gasteiger charge is 2.17. The lowest BCUT2D eigenvalue weighted by molar-refractivity contribution is -0.00872. The van der Waals surface area contributed by atoms with Crippen molar-refractivity contribution < 1.29 is 14.2 Å². The van der Waals surface area contributed by atoms with Crippen molar-refractivity contribution in [3.8, 4) is 5.75 Å². The van der Waals surface area contributed by atoms with E-state index in [0.717, 1.165) is 11.3 Å². The lowest BCUT2D eigenvalue weighted by Gasteiger charge is -2.25. The summed E-state index contributed by atoms with van der Waals surface area (Å²) in [7, 11) is 1.65. The van der Waals surface area contributed by atoms with Crippen molar-refractivity contribution >= 4 is 5.69 Å². The molecule has 4 heteroatoms. The van der Waals surface area contributed by atoms with Crippen LogP contribution in [0, 0.1) is 0 Å². The Hall–Kier alpha value is -1.52. The lowest BCUT2D eigenvalue weighted by Crippen LogP contribution is -2.21. The van der Waals surface area contributed by atoms with Crippen molar-refractivity contribution in [3.63, 3.8) is 0 Å². The summed E-state index contributed by atoms with van der Waals surface area (Å²) in [6.07, 6.45) is 4.08. The van der Waals surface area contributed by atoms with Crippen LogP contribution in [0.4, 0.5) is 5.69 Å². The van der Waals surface area contributed by atoms with Crippen molar-refractivity contribution in [2.45, 2.75) is 32.0 Å². The maximum atomic E-state index is 5.85. The minimum atomic E-state index is 0.435. The smallest absolute Gasteiger partial charge is 0.121 e. The fourth-order valence-electron chi connectivity index (χ4n) is 1.85. The van der Waals surface area contributed by atoms with E-state index in [1.54, 1.807) is 7.11 Å². The number of methoxy groups -OCH3 is 1. The molecule has 0 unspecified atom stereocenters. The fourth-order valence-corrected chi connectivity index (χ4v) is 1.85. The molecule has 112 valence electrons. The van der Waals surface area contributed by atoms with E-state index in [9.17, 15) is 0 Å². The van der Waals surface area contributed by atoms with E-state index in [0.29, 0.717) is 31.6 Å². The van der Waals surface area contributed by atoms with Gasteiger partial charge in [0.15, 0.2) is 0 Å². The minimum Gasteiger partial charge on any atom is -0.491 e. The van der Waals surface area contributed by atoms with Gasteiger partial charge in [-0.3, -0.25) is 0 Å². The molecule has 1 saturated carbocycles. The monoisotopic (exact) mass is 279 g/mol. The van der Waals surface area contributed by atoms with Gasteiger partial charge in [0, 0.05) is 18.9 Å². The first kappa shape index (κ1) is 16.5. The second-order valence-corrected chi connectivity index (χ2v) is 4.62. The molecule has 1 fully saturated rings. The van der Waals surface area contributed by atoms with Crippen LogP contribution in [0.2, 0.25) is 0 Å². The number of benzene rings is 1. The quantitative estimate of drug-likeness (QED) is 0.473. The van der Waals surface area contributed by atoms with Crippen LogP contribution in [0.5, 0.6) is 5.75 Å². The SMILES string of the molecule is C=C.COCCOc1cc(N)cc(COC2CCC2)c1. The Labute approximate surface area is 121 Å². The van der Waals surface area contributed by atoms with Crippen LogP contribution in [0.3, 0.4) is 0 Å². The molecule has 2 rings (SSSR count). The lowest BCUT2D eigenvalue weighted by atomic mass is 9.96. The zero-order chi connectivity index (χ0) is 14.8. The molecule has 0 spiro atoms. The van der Waals surface area contributed by atoms with E-state index in [1.807, 2.05) is 18.2 Å². The Bertz CT molecular complexity index is 391. The Morgan fingerprint density at radius 2 is 1.95 bits per heavy atom. The van der Waals surface area contributed by atoms with Gasteiger partial charge in [-0.2, -0.15) is 0 Å². The Morgan fingerprint density at radius 3 is 2.55 bits per heavy atom. The zero-order valence-corrected chi connectivity index (χ0v) is 12.3. The molecule has 1 aliphatic rings. The topological polar surface area (TPSA) is 53.7 Å². The van der Waals surface area contributed by atoms with Gasteiger partial charge in [-0.15, -0.1) is 13.2 Å². The third-order valence-electron chi connectivity index (χ3n) is 3.08. The predicted molar refractivity (Wildman–Crippen MR) is 81.9 cm³/mol. The van der Waals surface area contributed by atoms with Crippen LogP contribution in [0.1, 0.15) is 24.8 Å².